The molecule has 0 heterocycles. The van der Waals surface area contributed by atoms with Crippen LogP contribution in [0.5, 0.6) is 0 Å². The molecule has 0 aliphatic heterocycles. The zero-order valence-corrected chi connectivity index (χ0v) is 13.1. The predicted molar refractivity (Wildman–Crippen MR) is 84.4 cm³/mol. The van der Waals surface area contributed by atoms with Crippen LogP contribution >= 0.6 is 11.6 Å². The highest BCUT2D eigenvalue weighted by molar-refractivity contribution is 6.31. The first-order chi connectivity index (χ1) is 10.0. The van der Waals surface area contributed by atoms with Crippen LogP contribution in [0.2, 0.25) is 5.02 Å². The number of amides is 2. The molecule has 3 N–H and O–H groups in total. The van der Waals surface area contributed by atoms with Crippen molar-refractivity contribution in [2.45, 2.75) is 45.3 Å². The molecule has 1 saturated carbocycles. The van der Waals surface area contributed by atoms with E-state index in [1.54, 1.807) is 0 Å². The van der Waals surface area contributed by atoms with Crippen molar-refractivity contribution in [1.29, 1.82) is 0 Å². The molecule has 1 aliphatic carbocycles. The van der Waals surface area contributed by atoms with Crippen LogP contribution in [0.1, 0.15) is 36.8 Å². The summed E-state index contributed by atoms with van der Waals surface area (Å²) in [7, 11) is 0. The van der Waals surface area contributed by atoms with Crippen molar-refractivity contribution in [1.82, 2.24) is 10.6 Å². The molecule has 2 rings (SSSR count). The molecule has 1 aliphatic rings. The van der Waals surface area contributed by atoms with Crippen LogP contribution in [0.15, 0.2) is 18.2 Å². The number of aliphatic hydroxyl groups is 1. The third kappa shape index (κ3) is 5.21. The monoisotopic (exact) mass is 310 g/mol. The van der Waals surface area contributed by atoms with Crippen molar-refractivity contribution in [3.8, 4) is 0 Å². The molecule has 2 atom stereocenters. The van der Waals surface area contributed by atoms with Gasteiger partial charge in [0.05, 0.1) is 6.10 Å². The number of nitrogens with one attached hydrogen (secondary N) is 2. The van der Waals surface area contributed by atoms with E-state index < -0.39 is 0 Å². The highest BCUT2D eigenvalue weighted by atomic mass is 35.5. The molecule has 1 aromatic carbocycles. The van der Waals surface area contributed by atoms with E-state index in [0.717, 1.165) is 41.8 Å². The van der Waals surface area contributed by atoms with Gasteiger partial charge in [0.15, 0.2) is 0 Å². The van der Waals surface area contributed by atoms with Crippen LogP contribution in [0.25, 0.3) is 0 Å². The Morgan fingerprint density at radius 3 is 2.90 bits per heavy atom. The third-order valence-electron chi connectivity index (χ3n) is 3.98. The van der Waals surface area contributed by atoms with Gasteiger partial charge in [0.2, 0.25) is 0 Å². The van der Waals surface area contributed by atoms with Crippen molar-refractivity contribution < 1.29 is 9.90 Å². The van der Waals surface area contributed by atoms with Gasteiger partial charge in [-0.15, -0.1) is 0 Å². The maximum absolute atomic E-state index is 11.8. The minimum absolute atomic E-state index is 0.164. The second kappa shape index (κ2) is 7.66. The van der Waals surface area contributed by atoms with Crippen LogP contribution < -0.4 is 10.6 Å². The van der Waals surface area contributed by atoms with Gasteiger partial charge in [-0.2, -0.15) is 0 Å². The molecular weight excluding hydrogens is 288 g/mol. The smallest absolute Gasteiger partial charge is 0.315 e. The van der Waals surface area contributed by atoms with Crippen molar-refractivity contribution in [3.63, 3.8) is 0 Å². The average molecular weight is 311 g/mol. The van der Waals surface area contributed by atoms with E-state index in [9.17, 15) is 9.90 Å². The first-order valence-corrected chi connectivity index (χ1v) is 7.87. The fourth-order valence-corrected chi connectivity index (χ4v) is 2.86. The Hall–Kier alpha value is -1.26. The molecule has 0 unspecified atom stereocenters. The summed E-state index contributed by atoms with van der Waals surface area (Å²) in [6.45, 7) is 3.06. The van der Waals surface area contributed by atoms with E-state index in [2.05, 4.69) is 10.6 Å². The maximum Gasteiger partial charge on any atom is 0.315 e. The van der Waals surface area contributed by atoms with Gasteiger partial charge in [-0.05, 0) is 49.3 Å². The number of halogens is 1. The molecule has 2 amide bonds. The Bertz CT molecular complexity index is 493. The molecular formula is C16H23ClN2O2. The molecule has 0 radical (unpaired) electrons. The average Bonchev–Trinajstić information content (AvgIpc) is 2.46. The number of aryl methyl sites for hydroxylation is 1. The van der Waals surface area contributed by atoms with Crippen LogP contribution in [0.3, 0.4) is 0 Å². The molecule has 5 heteroatoms. The molecule has 0 bridgehead atoms. The van der Waals surface area contributed by atoms with E-state index in [4.69, 9.17) is 11.6 Å². The Morgan fingerprint density at radius 2 is 2.19 bits per heavy atom. The normalized spacial score (nSPS) is 21.9. The molecule has 0 aromatic heterocycles. The number of rotatable bonds is 4. The van der Waals surface area contributed by atoms with Crippen LogP contribution in [0.4, 0.5) is 4.79 Å². The van der Waals surface area contributed by atoms with Gasteiger partial charge in [-0.1, -0.05) is 30.2 Å². The standard InChI is InChI=1S/C16H23ClN2O2/c1-11-7-13(5-6-15(11)17)10-19-16(21)18-9-12-3-2-4-14(20)8-12/h5-7,12,14,20H,2-4,8-10H2,1H3,(H2,18,19,21)/t12-,14+/m1/s1. The summed E-state index contributed by atoms with van der Waals surface area (Å²) in [4.78, 5) is 11.8. The summed E-state index contributed by atoms with van der Waals surface area (Å²) in [6, 6.07) is 5.56. The molecule has 116 valence electrons. The number of urea groups is 1. The zero-order chi connectivity index (χ0) is 15.2. The van der Waals surface area contributed by atoms with E-state index in [-0.39, 0.29) is 12.1 Å². The summed E-state index contributed by atoms with van der Waals surface area (Å²) >= 11 is 5.97. The lowest BCUT2D eigenvalue weighted by Gasteiger charge is -2.25. The first kappa shape index (κ1) is 16.1. The van der Waals surface area contributed by atoms with Gasteiger partial charge in [0.25, 0.3) is 0 Å². The highest BCUT2D eigenvalue weighted by Crippen LogP contribution is 2.23. The van der Waals surface area contributed by atoms with Crippen molar-refractivity contribution in [2.24, 2.45) is 5.92 Å². The number of hydrogen-bond donors (Lipinski definition) is 3. The number of benzene rings is 1. The second-order valence-electron chi connectivity index (χ2n) is 5.83. The van der Waals surface area contributed by atoms with Gasteiger partial charge in [0, 0.05) is 18.1 Å². The summed E-state index contributed by atoms with van der Waals surface area (Å²) in [5.41, 5.74) is 2.03. The molecule has 0 spiro atoms. The lowest BCUT2D eigenvalue weighted by Crippen LogP contribution is -2.39. The summed E-state index contributed by atoms with van der Waals surface area (Å²) in [5, 5.41) is 16.1. The minimum atomic E-state index is -0.203. The van der Waals surface area contributed by atoms with Gasteiger partial charge in [-0.25, -0.2) is 4.79 Å². The third-order valence-corrected chi connectivity index (χ3v) is 4.41. The predicted octanol–water partition coefficient (Wildman–Crippen LogP) is 3.00. The number of aliphatic hydroxyl groups excluding tert-OH is 1. The van der Waals surface area contributed by atoms with Crippen molar-refractivity contribution in [2.75, 3.05) is 6.54 Å². The molecule has 1 aromatic rings. The van der Waals surface area contributed by atoms with Crippen LogP contribution in [-0.4, -0.2) is 23.8 Å². The lowest BCUT2D eigenvalue weighted by atomic mass is 9.87. The van der Waals surface area contributed by atoms with Crippen molar-refractivity contribution >= 4 is 17.6 Å². The van der Waals surface area contributed by atoms with E-state index in [0.29, 0.717) is 19.0 Å². The van der Waals surface area contributed by atoms with Gasteiger partial charge >= 0.3 is 6.03 Å². The fraction of sp³-hybridized carbons (Fsp3) is 0.562. The Labute approximate surface area is 130 Å². The quantitative estimate of drug-likeness (QED) is 0.800. The summed E-state index contributed by atoms with van der Waals surface area (Å²) in [5.74, 6) is 0.386. The lowest BCUT2D eigenvalue weighted by molar-refractivity contribution is 0.101. The largest absolute Gasteiger partial charge is 0.393 e. The number of carbonyl (C=O) groups excluding carboxylic acids is 1. The molecule has 4 nitrogen and oxygen atoms in total. The van der Waals surface area contributed by atoms with Crippen LogP contribution in [0, 0.1) is 12.8 Å². The van der Waals surface area contributed by atoms with Crippen LogP contribution in [-0.2, 0) is 6.54 Å². The summed E-state index contributed by atoms with van der Waals surface area (Å²) in [6.07, 6.45) is 3.59. The van der Waals surface area contributed by atoms with Gasteiger partial charge in [0.1, 0.15) is 0 Å². The minimum Gasteiger partial charge on any atom is -0.393 e. The molecule has 0 saturated heterocycles. The zero-order valence-electron chi connectivity index (χ0n) is 12.4. The summed E-state index contributed by atoms with van der Waals surface area (Å²) < 4.78 is 0. The van der Waals surface area contributed by atoms with E-state index in [1.807, 2.05) is 25.1 Å². The molecule has 21 heavy (non-hydrogen) atoms. The highest BCUT2D eigenvalue weighted by Gasteiger charge is 2.20. The van der Waals surface area contributed by atoms with Gasteiger partial charge in [-0.3, -0.25) is 0 Å². The Morgan fingerprint density at radius 1 is 1.38 bits per heavy atom. The Balaban J connectivity index is 1.70. The SMILES string of the molecule is Cc1cc(CNC(=O)NC[C@@H]2CCC[C@H](O)C2)ccc1Cl. The maximum atomic E-state index is 11.8. The van der Waals surface area contributed by atoms with E-state index >= 15 is 0 Å². The first-order valence-electron chi connectivity index (χ1n) is 7.49. The Kier molecular flexibility index (Phi) is 5.88. The number of carbonyl (C=O) groups is 1. The number of hydrogen-bond acceptors (Lipinski definition) is 2. The van der Waals surface area contributed by atoms with E-state index in [1.165, 1.54) is 0 Å². The van der Waals surface area contributed by atoms with Crippen molar-refractivity contribution in [3.05, 3.63) is 34.3 Å². The molecule has 1 fully saturated rings. The fourth-order valence-electron chi connectivity index (χ4n) is 2.75. The van der Waals surface area contributed by atoms with Gasteiger partial charge < -0.3 is 15.7 Å². The topological polar surface area (TPSA) is 61.4 Å². The second-order valence-corrected chi connectivity index (χ2v) is 6.24.